The molecule has 3 heterocycles. The second-order valence-electron chi connectivity index (χ2n) is 6.81. The first-order valence-corrected chi connectivity index (χ1v) is 12.3. The van der Waals surface area contributed by atoms with Crippen LogP contribution < -0.4 is 4.90 Å². The van der Waals surface area contributed by atoms with Gasteiger partial charge in [-0.15, -0.1) is 11.3 Å². The van der Waals surface area contributed by atoms with Crippen LogP contribution in [0.5, 0.6) is 0 Å². The van der Waals surface area contributed by atoms with Gasteiger partial charge in [-0.1, -0.05) is 41.1 Å². The number of hydrogen-bond donors (Lipinski definition) is 1. The zero-order valence-electron chi connectivity index (χ0n) is 15.6. The molecule has 0 saturated carbocycles. The van der Waals surface area contributed by atoms with Gasteiger partial charge in [-0.05, 0) is 69.9 Å². The average molecular weight is 579 g/mol. The summed E-state index contributed by atoms with van der Waals surface area (Å²) >= 11 is 10.9. The van der Waals surface area contributed by atoms with E-state index in [0.29, 0.717) is 20.5 Å². The van der Waals surface area contributed by atoms with E-state index in [1.807, 2.05) is 24.3 Å². The Balaban J connectivity index is 1.68. The topological polar surface area (TPSA) is 70.5 Å². The van der Waals surface area contributed by atoms with Crippen molar-refractivity contribution in [2.45, 2.75) is 6.04 Å². The van der Waals surface area contributed by atoms with Crippen molar-refractivity contribution in [2.75, 3.05) is 4.90 Å². The van der Waals surface area contributed by atoms with Gasteiger partial charge < -0.3 is 5.11 Å². The third-order valence-electron chi connectivity index (χ3n) is 4.93. The number of halogens is 2. The fourth-order valence-electron chi connectivity index (χ4n) is 3.52. The van der Waals surface area contributed by atoms with E-state index in [0.717, 1.165) is 13.8 Å². The van der Waals surface area contributed by atoms with E-state index in [-0.39, 0.29) is 11.4 Å². The van der Waals surface area contributed by atoms with Crippen molar-refractivity contribution in [3.63, 3.8) is 0 Å². The lowest BCUT2D eigenvalue weighted by atomic mass is 9.96. The standard InChI is InChI=1S/C22H12ClIN2O3S2/c23-12-5-8-14-16(10-12)31-22(25-14)26-18(11-3-6-13(24)7-4-11)17(20(28)21(26)29)19(27)15-2-1-9-30-15/h1-10,18,28H. The molecule has 4 aromatic rings. The summed E-state index contributed by atoms with van der Waals surface area (Å²) in [7, 11) is 0. The lowest BCUT2D eigenvalue weighted by Crippen LogP contribution is -2.30. The maximum atomic E-state index is 13.3. The highest BCUT2D eigenvalue weighted by atomic mass is 127. The van der Waals surface area contributed by atoms with E-state index in [1.165, 1.54) is 27.6 Å². The van der Waals surface area contributed by atoms with E-state index in [2.05, 4.69) is 27.6 Å². The van der Waals surface area contributed by atoms with Gasteiger partial charge >= 0.3 is 0 Å². The third kappa shape index (κ3) is 3.57. The Hall–Kier alpha value is -2.27. The molecule has 0 radical (unpaired) electrons. The molecule has 1 N–H and O–H groups in total. The number of carbonyl (C=O) groups excluding carboxylic acids is 2. The predicted octanol–water partition coefficient (Wildman–Crippen LogP) is 6.40. The summed E-state index contributed by atoms with van der Waals surface area (Å²) in [5, 5.41) is 13.5. The lowest BCUT2D eigenvalue weighted by Gasteiger charge is -2.24. The molecular weight excluding hydrogens is 567 g/mol. The molecule has 154 valence electrons. The van der Waals surface area contributed by atoms with E-state index >= 15 is 0 Å². The molecule has 5 nitrogen and oxygen atoms in total. The van der Waals surface area contributed by atoms with Gasteiger partial charge in [0.1, 0.15) is 0 Å². The molecule has 9 heteroatoms. The minimum atomic E-state index is -0.782. The molecule has 1 amide bonds. The van der Waals surface area contributed by atoms with Crippen LogP contribution in [0.15, 0.2) is 71.3 Å². The molecule has 0 aliphatic carbocycles. The number of aliphatic hydroxyl groups excluding tert-OH is 1. The molecule has 0 spiro atoms. The number of carbonyl (C=O) groups is 2. The Labute approximate surface area is 203 Å². The molecule has 1 unspecified atom stereocenters. The largest absolute Gasteiger partial charge is 0.503 e. The molecule has 2 aromatic heterocycles. The Morgan fingerprint density at radius 2 is 1.94 bits per heavy atom. The summed E-state index contributed by atoms with van der Waals surface area (Å²) in [5.41, 5.74) is 1.47. The van der Waals surface area contributed by atoms with Gasteiger partial charge in [0, 0.05) is 8.59 Å². The van der Waals surface area contributed by atoms with Crippen molar-refractivity contribution < 1.29 is 14.7 Å². The number of amides is 1. The quantitative estimate of drug-likeness (QED) is 0.225. The van der Waals surface area contributed by atoms with Gasteiger partial charge in [-0.25, -0.2) is 4.98 Å². The molecule has 1 atom stereocenters. The Morgan fingerprint density at radius 1 is 1.16 bits per heavy atom. The number of fused-ring (bicyclic) bond motifs is 1. The fourth-order valence-corrected chi connectivity index (χ4v) is 5.83. The molecule has 1 aliphatic heterocycles. The van der Waals surface area contributed by atoms with Crippen LogP contribution in [0.4, 0.5) is 5.13 Å². The first-order valence-electron chi connectivity index (χ1n) is 9.10. The number of rotatable bonds is 4. The lowest BCUT2D eigenvalue weighted by molar-refractivity contribution is -0.117. The summed E-state index contributed by atoms with van der Waals surface area (Å²) in [5.74, 6) is -1.55. The highest BCUT2D eigenvalue weighted by molar-refractivity contribution is 14.1. The number of thiazole rings is 1. The SMILES string of the molecule is O=C(C1=C(O)C(=O)N(c2nc3ccc(Cl)cc3s2)C1c1ccc(I)cc1)c1cccs1. The number of Topliss-reactive ketones (excluding diaryl/α,β-unsaturated/α-hetero) is 1. The number of hydrogen-bond acceptors (Lipinski definition) is 6. The third-order valence-corrected chi connectivity index (χ3v) is 7.77. The Bertz CT molecular complexity index is 1360. The van der Waals surface area contributed by atoms with Crippen LogP contribution in [0, 0.1) is 3.57 Å². The molecular formula is C22H12ClIN2O3S2. The second kappa shape index (κ2) is 8.01. The zero-order valence-corrected chi connectivity index (χ0v) is 20.1. The van der Waals surface area contributed by atoms with Gasteiger partial charge in [0.05, 0.1) is 26.7 Å². The number of thiophene rings is 1. The Kier molecular flexibility index (Phi) is 5.33. The van der Waals surface area contributed by atoms with Crippen molar-refractivity contribution in [2.24, 2.45) is 0 Å². The van der Waals surface area contributed by atoms with Gasteiger partial charge in [0.2, 0.25) is 5.78 Å². The molecule has 0 saturated heterocycles. The zero-order chi connectivity index (χ0) is 21.7. The first-order chi connectivity index (χ1) is 14.9. The molecule has 5 rings (SSSR count). The highest BCUT2D eigenvalue weighted by Gasteiger charge is 2.46. The van der Waals surface area contributed by atoms with Gasteiger partial charge in [0.25, 0.3) is 5.91 Å². The maximum Gasteiger partial charge on any atom is 0.296 e. The van der Waals surface area contributed by atoms with Crippen molar-refractivity contribution in [1.29, 1.82) is 0 Å². The van der Waals surface area contributed by atoms with Crippen LogP contribution in [-0.2, 0) is 4.79 Å². The van der Waals surface area contributed by atoms with Crippen LogP contribution >= 0.6 is 56.9 Å². The smallest absolute Gasteiger partial charge is 0.296 e. The van der Waals surface area contributed by atoms with Crippen LogP contribution in [0.3, 0.4) is 0 Å². The van der Waals surface area contributed by atoms with Crippen molar-refractivity contribution in [1.82, 2.24) is 4.98 Å². The summed E-state index contributed by atoms with van der Waals surface area (Å²) in [4.78, 5) is 32.9. The molecule has 0 bridgehead atoms. The monoisotopic (exact) mass is 578 g/mol. The fraction of sp³-hybridized carbons (Fsp3) is 0.0455. The van der Waals surface area contributed by atoms with Gasteiger partial charge in [0.15, 0.2) is 10.9 Å². The number of anilines is 1. The van der Waals surface area contributed by atoms with Gasteiger partial charge in [-0.3, -0.25) is 14.5 Å². The van der Waals surface area contributed by atoms with E-state index in [4.69, 9.17) is 11.6 Å². The minimum Gasteiger partial charge on any atom is -0.503 e. The molecule has 1 aliphatic rings. The second-order valence-corrected chi connectivity index (χ2v) is 10.4. The summed E-state index contributed by atoms with van der Waals surface area (Å²) in [6, 6.07) is 15.5. The molecule has 0 fully saturated rings. The van der Waals surface area contributed by atoms with Crippen LogP contribution in [0.1, 0.15) is 21.3 Å². The molecule has 31 heavy (non-hydrogen) atoms. The van der Waals surface area contributed by atoms with E-state index < -0.39 is 17.7 Å². The first kappa shape index (κ1) is 20.6. The number of aromatic nitrogens is 1. The average Bonchev–Trinajstić information content (AvgIpc) is 3.47. The van der Waals surface area contributed by atoms with Crippen LogP contribution in [0.2, 0.25) is 5.02 Å². The van der Waals surface area contributed by atoms with Crippen molar-refractivity contribution in [3.8, 4) is 0 Å². The normalized spacial score (nSPS) is 16.5. The number of nitrogens with zero attached hydrogens (tertiary/aromatic N) is 2. The summed E-state index contributed by atoms with van der Waals surface area (Å²) in [6.45, 7) is 0. The highest BCUT2D eigenvalue weighted by Crippen LogP contribution is 2.44. The Morgan fingerprint density at radius 3 is 2.65 bits per heavy atom. The maximum absolute atomic E-state index is 13.3. The van der Waals surface area contributed by atoms with Crippen LogP contribution in [0.25, 0.3) is 10.2 Å². The number of benzene rings is 2. The van der Waals surface area contributed by atoms with E-state index in [1.54, 1.807) is 35.7 Å². The van der Waals surface area contributed by atoms with Crippen molar-refractivity contribution in [3.05, 3.63) is 90.3 Å². The minimum absolute atomic E-state index is 0.0611. The van der Waals surface area contributed by atoms with E-state index in [9.17, 15) is 14.7 Å². The van der Waals surface area contributed by atoms with Crippen LogP contribution in [-0.4, -0.2) is 21.8 Å². The number of aliphatic hydroxyl groups is 1. The molecule has 2 aromatic carbocycles. The summed E-state index contributed by atoms with van der Waals surface area (Å²) < 4.78 is 1.83. The predicted molar refractivity (Wildman–Crippen MR) is 132 cm³/mol. The number of ketones is 1. The van der Waals surface area contributed by atoms with Crippen molar-refractivity contribution >= 4 is 83.9 Å². The van der Waals surface area contributed by atoms with Gasteiger partial charge in [-0.2, -0.15) is 0 Å². The summed E-state index contributed by atoms with van der Waals surface area (Å²) in [6.07, 6.45) is 0.